The second-order valence-electron chi connectivity index (χ2n) is 5.14. The maximum atomic E-state index is 11.4. The highest BCUT2D eigenvalue weighted by Crippen LogP contribution is 2.29. The molecule has 0 aliphatic heterocycles. The van der Waals surface area contributed by atoms with Gasteiger partial charge in [-0.15, -0.1) is 0 Å². The van der Waals surface area contributed by atoms with E-state index in [4.69, 9.17) is 4.65 Å². The van der Waals surface area contributed by atoms with Crippen molar-refractivity contribution in [2.75, 3.05) is 0 Å². The SMILES string of the molecule is BOC(=O)C(CC(C)(C)C)C(C)C. The zero-order chi connectivity index (χ0) is 10.6. The van der Waals surface area contributed by atoms with Crippen LogP contribution >= 0.6 is 0 Å². The molecule has 0 amide bonds. The standard InChI is InChI=1S/C10H21BO2/c1-7(2)8(9(12)13-11)6-10(3,4)5/h7-8H,6,11H2,1-5H3. The number of rotatable bonds is 3. The van der Waals surface area contributed by atoms with Crippen LogP contribution in [-0.4, -0.2) is 14.0 Å². The van der Waals surface area contributed by atoms with Crippen molar-refractivity contribution < 1.29 is 9.45 Å². The van der Waals surface area contributed by atoms with E-state index < -0.39 is 0 Å². The quantitative estimate of drug-likeness (QED) is 0.625. The summed E-state index contributed by atoms with van der Waals surface area (Å²) in [6, 6.07) is 0. The first-order chi connectivity index (χ1) is 5.78. The largest absolute Gasteiger partial charge is 0.543 e. The highest BCUT2D eigenvalue weighted by Gasteiger charge is 2.27. The lowest BCUT2D eigenvalue weighted by Gasteiger charge is -2.26. The van der Waals surface area contributed by atoms with E-state index in [1.165, 1.54) is 8.05 Å². The minimum atomic E-state index is -0.0788. The van der Waals surface area contributed by atoms with E-state index in [-0.39, 0.29) is 17.3 Å². The van der Waals surface area contributed by atoms with Gasteiger partial charge in [-0.25, -0.2) is 0 Å². The van der Waals surface area contributed by atoms with E-state index >= 15 is 0 Å². The Bertz CT molecular complexity index is 170. The Kier molecular flexibility index (Phi) is 4.51. The maximum Gasteiger partial charge on any atom is 0.325 e. The third-order valence-corrected chi connectivity index (χ3v) is 2.14. The van der Waals surface area contributed by atoms with Gasteiger partial charge in [-0.05, 0) is 17.8 Å². The molecule has 0 aliphatic rings. The molecule has 0 fully saturated rings. The molecule has 0 radical (unpaired) electrons. The molecule has 0 aromatic heterocycles. The average Bonchev–Trinajstić information content (AvgIpc) is 1.96. The summed E-state index contributed by atoms with van der Waals surface area (Å²) in [5.74, 6) is 0.307. The van der Waals surface area contributed by atoms with Crippen LogP contribution in [0.25, 0.3) is 0 Å². The fourth-order valence-electron chi connectivity index (χ4n) is 1.40. The van der Waals surface area contributed by atoms with Crippen LogP contribution in [0.3, 0.4) is 0 Å². The second kappa shape index (κ2) is 4.68. The van der Waals surface area contributed by atoms with E-state index in [0.717, 1.165) is 6.42 Å². The normalized spacial score (nSPS) is 14.3. The van der Waals surface area contributed by atoms with Gasteiger partial charge in [0.25, 0.3) is 5.97 Å². The van der Waals surface area contributed by atoms with Gasteiger partial charge in [0.05, 0.1) is 5.92 Å². The summed E-state index contributed by atoms with van der Waals surface area (Å²) >= 11 is 0. The Morgan fingerprint density at radius 3 is 2.08 bits per heavy atom. The summed E-state index contributed by atoms with van der Waals surface area (Å²) in [6.45, 7) is 10.6. The van der Waals surface area contributed by atoms with Gasteiger partial charge in [0, 0.05) is 0 Å². The first kappa shape index (κ1) is 12.5. The highest BCUT2D eigenvalue weighted by molar-refractivity contribution is 6.05. The van der Waals surface area contributed by atoms with Crippen LogP contribution in [0.2, 0.25) is 0 Å². The van der Waals surface area contributed by atoms with E-state index in [2.05, 4.69) is 34.6 Å². The molecule has 0 aromatic carbocycles. The molecule has 0 saturated carbocycles. The molecule has 1 unspecified atom stereocenters. The Morgan fingerprint density at radius 1 is 1.38 bits per heavy atom. The molecule has 0 saturated heterocycles. The molecule has 0 heterocycles. The van der Waals surface area contributed by atoms with Gasteiger partial charge in [-0.2, -0.15) is 0 Å². The van der Waals surface area contributed by atoms with Crippen molar-refractivity contribution in [3.8, 4) is 0 Å². The van der Waals surface area contributed by atoms with Gasteiger partial charge in [0.2, 0.25) is 0 Å². The molecular formula is C10H21BO2. The Labute approximate surface area is 82.5 Å². The minimum Gasteiger partial charge on any atom is -0.543 e. The van der Waals surface area contributed by atoms with Crippen molar-refractivity contribution in [1.29, 1.82) is 0 Å². The van der Waals surface area contributed by atoms with E-state index in [9.17, 15) is 4.79 Å². The van der Waals surface area contributed by atoms with Crippen molar-refractivity contribution in [3.63, 3.8) is 0 Å². The van der Waals surface area contributed by atoms with Gasteiger partial charge in [-0.3, -0.25) is 4.79 Å². The zero-order valence-electron chi connectivity index (χ0n) is 9.68. The summed E-state index contributed by atoms with van der Waals surface area (Å²) in [6.07, 6.45) is 0.886. The van der Waals surface area contributed by atoms with Gasteiger partial charge in [0.15, 0.2) is 0 Å². The molecule has 0 aromatic rings. The number of hydrogen-bond donors (Lipinski definition) is 0. The smallest absolute Gasteiger partial charge is 0.325 e. The van der Waals surface area contributed by atoms with E-state index in [1.807, 2.05) is 0 Å². The van der Waals surface area contributed by atoms with Crippen LogP contribution < -0.4 is 0 Å². The molecule has 1 atom stereocenters. The first-order valence-corrected chi connectivity index (χ1v) is 4.86. The lowest BCUT2D eigenvalue weighted by Crippen LogP contribution is -2.26. The monoisotopic (exact) mass is 184 g/mol. The molecule has 0 rings (SSSR count). The van der Waals surface area contributed by atoms with E-state index in [0.29, 0.717) is 5.92 Å². The Hall–Kier alpha value is -0.465. The summed E-state index contributed by atoms with van der Waals surface area (Å²) in [5, 5.41) is 0. The lowest BCUT2D eigenvalue weighted by molar-refractivity contribution is -0.141. The van der Waals surface area contributed by atoms with Crippen molar-refractivity contribution in [1.82, 2.24) is 0 Å². The van der Waals surface area contributed by atoms with Gasteiger partial charge in [-0.1, -0.05) is 34.6 Å². The molecule has 0 N–H and O–H groups in total. The van der Waals surface area contributed by atoms with Crippen LogP contribution in [0.4, 0.5) is 0 Å². The Morgan fingerprint density at radius 2 is 1.85 bits per heavy atom. The molecule has 76 valence electrons. The third kappa shape index (κ3) is 4.96. The maximum absolute atomic E-state index is 11.4. The molecule has 13 heavy (non-hydrogen) atoms. The van der Waals surface area contributed by atoms with Crippen LogP contribution in [0.5, 0.6) is 0 Å². The third-order valence-electron chi connectivity index (χ3n) is 2.14. The molecule has 0 aliphatic carbocycles. The van der Waals surface area contributed by atoms with Crippen LogP contribution in [0.1, 0.15) is 41.0 Å². The van der Waals surface area contributed by atoms with Crippen molar-refractivity contribution >= 4 is 14.0 Å². The fourth-order valence-corrected chi connectivity index (χ4v) is 1.40. The molecule has 0 spiro atoms. The Balaban J connectivity index is 4.36. The van der Waals surface area contributed by atoms with Crippen molar-refractivity contribution in [2.24, 2.45) is 17.3 Å². The predicted molar refractivity (Wildman–Crippen MR) is 57.0 cm³/mol. The van der Waals surface area contributed by atoms with Crippen LogP contribution in [0.15, 0.2) is 0 Å². The highest BCUT2D eigenvalue weighted by atomic mass is 16.5. The number of carbonyl (C=O) groups excluding carboxylic acids is 1. The van der Waals surface area contributed by atoms with Gasteiger partial charge < -0.3 is 4.65 Å². The van der Waals surface area contributed by atoms with E-state index in [1.54, 1.807) is 0 Å². The molecule has 3 heteroatoms. The summed E-state index contributed by atoms with van der Waals surface area (Å²) < 4.78 is 4.78. The van der Waals surface area contributed by atoms with Crippen molar-refractivity contribution in [3.05, 3.63) is 0 Å². The number of hydrogen-bond acceptors (Lipinski definition) is 2. The predicted octanol–water partition coefficient (Wildman–Crippen LogP) is 1.79. The minimum absolute atomic E-state index is 0.0324. The fraction of sp³-hybridized carbons (Fsp3) is 0.900. The molecule has 2 nitrogen and oxygen atoms in total. The first-order valence-electron chi connectivity index (χ1n) is 4.86. The molecular weight excluding hydrogens is 163 g/mol. The summed E-state index contributed by atoms with van der Waals surface area (Å²) in [5.41, 5.74) is 0.184. The second-order valence-corrected chi connectivity index (χ2v) is 5.14. The summed E-state index contributed by atoms with van der Waals surface area (Å²) in [4.78, 5) is 11.4. The van der Waals surface area contributed by atoms with Crippen LogP contribution in [-0.2, 0) is 9.45 Å². The number of carbonyl (C=O) groups is 1. The van der Waals surface area contributed by atoms with Gasteiger partial charge in [0.1, 0.15) is 0 Å². The zero-order valence-corrected chi connectivity index (χ0v) is 9.68. The topological polar surface area (TPSA) is 26.3 Å². The van der Waals surface area contributed by atoms with Gasteiger partial charge >= 0.3 is 8.05 Å². The van der Waals surface area contributed by atoms with Crippen LogP contribution in [0, 0.1) is 17.3 Å². The lowest BCUT2D eigenvalue weighted by atomic mass is 9.80. The van der Waals surface area contributed by atoms with Crippen molar-refractivity contribution in [2.45, 2.75) is 41.0 Å². The summed E-state index contributed by atoms with van der Waals surface area (Å²) in [7, 11) is 1.46. The molecule has 0 bridgehead atoms. The average molecular weight is 184 g/mol.